The third-order valence-corrected chi connectivity index (χ3v) is 7.04. The average molecular weight is 498 g/mol. The summed E-state index contributed by atoms with van der Waals surface area (Å²) in [7, 11) is 0. The van der Waals surface area contributed by atoms with E-state index in [0.717, 1.165) is 28.2 Å². The molecule has 7 heteroatoms. The lowest BCUT2D eigenvalue weighted by Crippen LogP contribution is -2.49. The molecule has 2 amide bonds. The SMILES string of the molecule is CC1Oc2ccc(-c3csc(Cc4ccccc4)n3)cc2N(CC(=O)NC(C)c2ccccc2)C1=O. The quantitative estimate of drug-likeness (QED) is 0.372. The van der Waals surface area contributed by atoms with Gasteiger partial charge in [-0.05, 0) is 43.2 Å². The number of nitrogens with one attached hydrogen (secondary N) is 1. The number of hydrogen-bond donors (Lipinski definition) is 1. The van der Waals surface area contributed by atoms with Crippen molar-refractivity contribution in [3.63, 3.8) is 0 Å². The fourth-order valence-electron chi connectivity index (χ4n) is 4.28. The zero-order valence-electron chi connectivity index (χ0n) is 20.2. The van der Waals surface area contributed by atoms with Crippen LogP contribution in [0.15, 0.2) is 84.2 Å². The summed E-state index contributed by atoms with van der Waals surface area (Å²) in [5, 5.41) is 6.03. The molecular formula is C29H27N3O3S. The Morgan fingerprint density at radius 1 is 1.08 bits per heavy atom. The van der Waals surface area contributed by atoms with Crippen molar-refractivity contribution < 1.29 is 14.3 Å². The van der Waals surface area contributed by atoms with Gasteiger partial charge in [-0.25, -0.2) is 4.98 Å². The van der Waals surface area contributed by atoms with Crippen LogP contribution in [-0.4, -0.2) is 29.4 Å². The molecule has 0 fully saturated rings. The van der Waals surface area contributed by atoms with Crippen LogP contribution in [0.1, 0.15) is 36.0 Å². The van der Waals surface area contributed by atoms with Gasteiger partial charge in [0.2, 0.25) is 5.91 Å². The summed E-state index contributed by atoms with van der Waals surface area (Å²) in [5.74, 6) is 0.101. The molecule has 5 rings (SSSR count). The number of ether oxygens (including phenoxy) is 1. The van der Waals surface area contributed by atoms with E-state index < -0.39 is 6.10 Å². The lowest BCUT2D eigenvalue weighted by molar-refractivity contribution is -0.128. The summed E-state index contributed by atoms with van der Waals surface area (Å²) in [5.41, 5.74) is 4.50. The zero-order chi connectivity index (χ0) is 25.1. The second-order valence-electron chi connectivity index (χ2n) is 8.86. The van der Waals surface area contributed by atoms with Gasteiger partial charge in [0.25, 0.3) is 5.91 Å². The topological polar surface area (TPSA) is 71.5 Å². The number of amides is 2. The maximum Gasteiger partial charge on any atom is 0.268 e. The van der Waals surface area contributed by atoms with Gasteiger partial charge in [-0.15, -0.1) is 11.3 Å². The highest BCUT2D eigenvalue weighted by Crippen LogP contribution is 2.38. The Morgan fingerprint density at radius 3 is 2.56 bits per heavy atom. The van der Waals surface area contributed by atoms with E-state index in [9.17, 15) is 9.59 Å². The van der Waals surface area contributed by atoms with Crippen LogP contribution in [0.4, 0.5) is 5.69 Å². The van der Waals surface area contributed by atoms with Gasteiger partial charge in [0.15, 0.2) is 6.10 Å². The molecule has 6 nitrogen and oxygen atoms in total. The molecule has 0 saturated heterocycles. The Hall–Kier alpha value is -3.97. The molecule has 1 N–H and O–H groups in total. The number of anilines is 1. The highest BCUT2D eigenvalue weighted by Gasteiger charge is 2.33. The number of benzene rings is 3. The predicted octanol–water partition coefficient (Wildman–Crippen LogP) is 5.39. The number of hydrogen-bond acceptors (Lipinski definition) is 5. The molecule has 0 aliphatic carbocycles. The van der Waals surface area contributed by atoms with Gasteiger partial charge in [0, 0.05) is 17.4 Å². The van der Waals surface area contributed by atoms with Crippen molar-refractivity contribution in [3.05, 3.63) is 100 Å². The van der Waals surface area contributed by atoms with Crippen molar-refractivity contribution in [2.75, 3.05) is 11.4 Å². The first-order valence-electron chi connectivity index (χ1n) is 11.9. The van der Waals surface area contributed by atoms with Gasteiger partial charge < -0.3 is 10.1 Å². The molecule has 1 aliphatic rings. The number of fused-ring (bicyclic) bond motifs is 1. The molecule has 2 atom stereocenters. The molecule has 0 saturated carbocycles. The minimum Gasteiger partial charge on any atom is -0.479 e. The second-order valence-corrected chi connectivity index (χ2v) is 9.80. The molecule has 1 aliphatic heterocycles. The Kier molecular flexibility index (Phi) is 6.82. The van der Waals surface area contributed by atoms with E-state index in [1.807, 2.05) is 79.0 Å². The standard InChI is InChI=1S/C29H27N3O3S/c1-19(22-11-7-4-8-12-22)30-27(33)17-32-25-16-23(13-14-26(25)35-20(2)29(32)34)24-18-36-28(31-24)15-21-9-5-3-6-10-21/h3-14,16,18-20H,15,17H2,1-2H3,(H,30,33). The fourth-order valence-corrected chi connectivity index (χ4v) is 5.12. The molecular weight excluding hydrogens is 470 g/mol. The fraction of sp³-hybridized carbons (Fsp3) is 0.207. The summed E-state index contributed by atoms with van der Waals surface area (Å²) in [6.45, 7) is 3.54. The van der Waals surface area contributed by atoms with Crippen LogP contribution in [0.5, 0.6) is 5.75 Å². The molecule has 4 aromatic rings. The molecule has 2 heterocycles. The minimum absolute atomic E-state index is 0.0868. The Labute approximate surface area is 214 Å². The average Bonchev–Trinajstić information content (AvgIpc) is 3.36. The van der Waals surface area contributed by atoms with Crippen molar-refractivity contribution in [3.8, 4) is 17.0 Å². The first-order chi connectivity index (χ1) is 17.5. The first kappa shape index (κ1) is 23.8. The van der Waals surface area contributed by atoms with Crippen LogP contribution < -0.4 is 15.0 Å². The summed E-state index contributed by atoms with van der Waals surface area (Å²) in [6, 6.07) is 25.5. The number of carbonyl (C=O) groups is 2. The van der Waals surface area contributed by atoms with Crippen LogP contribution in [0.25, 0.3) is 11.3 Å². The smallest absolute Gasteiger partial charge is 0.268 e. The van der Waals surface area contributed by atoms with Crippen molar-refractivity contribution in [1.82, 2.24) is 10.3 Å². The minimum atomic E-state index is -0.667. The van der Waals surface area contributed by atoms with Gasteiger partial charge in [-0.2, -0.15) is 0 Å². The first-order valence-corrected chi connectivity index (χ1v) is 12.8. The van der Waals surface area contributed by atoms with E-state index in [0.29, 0.717) is 11.4 Å². The molecule has 3 aromatic carbocycles. The maximum atomic E-state index is 13.0. The summed E-state index contributed by atoms with van der Waals surface area (Å²) >= 11 is 1.61. The Morgan fingerprint density at radius 2 is 1.81 bits per heavy atom. The number of carbonyl (C=O) groups excluding carboxylic acids is 2. The largest absolute Gasteiger partial charge is 0.479 e. The van der Waals surface area contributed by atoms with Crippen molar-refractivity contribution in [2.45, 2.75) is 32.4 Å². The van der Waals surface area contributed by atoms with Crippen LogP contribution in [0.3, 0.4) is 0 Å². The normalized spacial score (nSPS) is 15.7. The van der Waals surface area contributed by atoms with E-state index in [1.54, 1.807) is 18.3 Å². The number of aromatic nitrogens is 1. The van der Waals surface area contributed by atoms with Crippen LogP contribution in [0, 0.1) is 0 Å². The Bertz CT molecular complexity index is 1370. The van der Waals surface area contributed by atoms with E-state index in [-0.39, 0.29) is 24.4 Å². The van der Waals surface area contributed by atoms with Gasteiger partial charge in [-0.3, -0.25) is 14.5 Å². The molecule has 2 unspecified atom stereocenters. The van der Waals surface area contributed by atoms with Gasteiger partial charge in [-0.1, -0.05) is 60.7 Å². The monoisotopic (exact) mass is 497 g/mol. The van der Waals surface area contributed by atoms with Crippen molar-refractivity contribution in [1.29, 1.82) is 0 Å². The number of rotatable bonds is 7. The van der Waals surface area contributed by atoms with Gasteiger partial charge in [0.05, 0.1) is 22.4 Å². The van der Waals surface area contributed by atoms with Crippen LogP contribution >= 0.6 is 11.3 Å². The highest BCUT2D eigenvalue weighted by atomic mass is 32.1. The molecule has 0 spiro atoms. The predicted molar refractivity (Wildman–Crippen MR) is 142 cm³/mol. The summed E-state index contributed by atoms with van der Waals surface area (Å²) in [6.07, 6.45) is 0.0982. The molecule has 1 aromatic heterocycles. The van der Waals surface area contributed by atoms with Crippen LogP contribution in [-0.2, 0) is 16.0 Å². The molecule has 36 heavy (non-hydrogen) atoms. The third-order valence-electron chi connectivity index (χ3n) is 6.19. The van der Waals surface area contributed by atoms with Crippen LogP contribution in [0.2, 0.25) is 0 Å². The van der Waals surface area contributed by atoms with Gasteiger partial charge >= 0.3 is 0 Å². The Balaban J connectivity index is 1.36. The third kappa shape index (κ3) is 5.16. The molecule has 182 valence electrons. The lowest BCUT2D eigenvalue weighted by Gasteiger charge is -2.33. The van der Waals surface area contributed by atoms with Crippen molar-refractivity contribution >= 4 is 28.8 Å². The molecule has 0 radical (unpaired) electrons. The van der Waals surface area contributed by atoms with E-state index in [4.69, 9.17) is 9.72 Å². The second kappa shape index (κ2) is 10.3. The molecule has 0 bridgehead atoms. The highest BCUT2D eigenvalue weighted by molar-refractivity contribution is 7.10. The summed E-state index contributed by atoms with van der Waals surface area (Å²) in [4.78, 5) is 32.3. The van der Waals surface area contributed by atoms with Gasteiger partial charge in [0.1, 0.15) is 12.3 Å². The summed E-state index contributed by atoms with van der Waals surface area (Å²) < 4.78 is 5.84. The number of thiazole rings is 1. The number of nitrogens with zero attached hydrogens (tertiary/aromatic N) is 2. The maximum absolute atomic E-state index is 13.0. The van der Waals surface area contributed by atoms with Crippen molar-refractivity contribution in [2.24, 2.45) is 0 Å². The lowest BCUT2D eigenvalue weighted by atomic mass is 10.1. The van der Waals surface area contributed by atoms with E-state index >= 15 is 0 Å². The van der Waals surface area contributed by atoms with E-state index in [1.165, 1.54) is 10.5 Å². The zero-order valence-corrected chi connectivity index (χ0v) is 21.0. The van der Waals surface area contributed by atoms with E-state index in [2.05, 4.69) is 17.4 Å².